The van der Waals surface area contributed by atoms with Gasteiger partial charge in [-0.25, -0.2) is 13.4 Å². The predicted octanol–water partition coefficient (Wildman–Crippen LogP) is 3.32. The van der Waals surface area contributed by atoms with Crippen molar-refractivity contribution >= 4 is 21.4 Å². The summed E-state index contributed by atoms with van der Waals surface area (Å²) in [4.78, 5) is 7.37. The van der Waals surface area contributed by atoms with Gasteiger partial charge in [0.15, 0.2) is 0 Å². The molecule has 140 valence electrons. The van der Waals surface area contributed by atoms with Crippen LogP contribution in [0.4, 0.5) is 0 Å². The summed E-state index contributed by atoms with van der Waals surface area (Å²) in [6.07, 6.45) is 0. The summed E-state index contributed by atoms with van der Waals surface area (Å²) in [7, 11) is -3.40. The third-order valence-corrected chi connectivity index (χ3v) is 7.52. The Balaban J connectivity index is 1.37. The fraction of sp³-hybridized carbons (Fsp3) is 0.250. The van der Waals surface area contributed by atoms with Gasteiger partial charge < -0.3 is 0 Å². The van der Waals surface area contributed by atoms with Crippen LogP contribution in [0.15, 0.2) is 70.9 Å². The molecule has 0 spiro atoms. The average molecular weight is 400 g/mol. The van der Waals surface area contributed by atoms with Gasteiger partial charge in [-0.15, -0.1) is 11.3 Å². The molecule has 4 rings (SSSR count). The molecule has 3 aromatic rings. The van der Waals surface area contributed by atoms with E-state index in [0.29, 0.717) is 31.1 Å². The number of sulfonamides is 1. The molecule has 1 saturated heterocycles. The van der Waals surface area contributed by atoms with Crippen molar-refractivity contribution in [2.75, 3.05) is 26.2 Å². The Bertz CT molecular complexity index is 980. The lowest BCUT2D eigenvalue weighted by Gasteiger charge is -2.33. The highest BCUT2D eigenvalue weighted by molar-refractivity contribution is 7.89. The first-order chi connectivity index (χ1) is 13.1. The van der Waals surface area contributed by atoms with Crippen molar-refractivity contribution < 1.29 is 8.42 Å². The Hall–Kier alpha value is -2.06. The minimum Gasteiger partial charge on any atom is -0.295 e. The van der Waals surface area contributed by atoms with Gasteiger partial charge in [0.2, 0.25) is 10.0 Å². The van der Waals surface area contributed by atoms with Crippen molar-refractivity contribution in [1.29, 1.82) is 0 Å². The number of hydrogen-bond donors (Lipinski definition) is 0. The molecule has 27 heavy (non-hydrogen) atoms. The quantitative estimate of drug-likeness (QED) is 0.660. The molecule has 0 N–H and O–H groups in total. The first-order valence-electron chi connectivity index (χ1n) is 8.90. The molecule has 0 amide bonds. The first-order valence-corrected chi connectivity index (χ1v) is 11.2. The van der Waals surface area contributed by atoms with Crippen LogP contribution in [-0.4, -0.2) is 48.8 Å². The minimum absolute atomic E-state index is 0.366. The van der Waals surface area contributed by atoms with Crippen LogP contribution < -0.4 is 0 Å². The molecule has 1 fully saturated rings. The van der Waals surface area contributed by atoms with Crippen molar-refractivity contribution in [1.82, 2.24) is 14.2 Å². The van der Waals surface area contributed by atoms with Gasteiger partial charge in [0.05, 0.1) is 10.6 Å². The molecule has 0 saturated carbocycles. The third-order valence-electron chi connectivity index (χ3n) is 4.67. The SMILES string of the molecule is O=S(=O)(c1ccccc1)N1CCN(Cc2csc(-c3ccccc3)n2)CC1. The van der Waals surface area contributed by atoms with Gasteiger partial charge in [-0.3, -0.25) is 4.90 Å². The van der Waals surface area contributed by atoms with Crippen LogP contribution in [0.1, 0.15) is 5.69 Å². The smallest absolute Gasteiger partial charge is 0.243 e. The molecule has 0 radical (unpaired) electrons. The van der Waals surface area contributed by atoms with Crippen LogP contribution in [0.5, 0.6) is 0 Å². The summed E-state index contributed by atoms with van der Waals surface area (Å²) in [5.74, 6) is 0. The normalized spacial score (nSPS) is 16.4. The van der Waals surface area contributed by atoms with Crippen LogP contribution in [0, 0.1) is 0 Å². The molecule has 1 aromatic heterocycles. The van der Waals surface area contributed by atoms with E-state index in [-0.39, 0.29) is 0 Å². The number of piperazine rings is 1. The van der Waals surface area contributed by atoms with E-state index < -0.39 is 10.0 Å². The molecule has 1 aliphatic rings. The number of rotatable bonds is 5. The van der Waals surface area contributed by atoms with Gasteiger partial charge in [-0.1, -0.05) is 48.5 Å². The maximum absolute atomic E-state index is 12.7. The zero-order chi connectivity index (χ0) is 18.7. The lowest BCUT2D eigenvalue weighted by atomic mass is 10.2. The molecule has 2 heterocycles. The highest BCUT2D eigenvalue weighted by Gasteiger charge is 2.28. The molecule has 0 bridgehead atoms. The second-order valence-electron chi connectivity index (χ2n) is 6.50. The average Bonchev–Trinajstić information content (AvgIpc) is 3.18. The molecule has 1 aliphatic heterocycles. The summed E-state index contributed by atoms with van der Waals surface area (Å²) in [6.45, 7) is 3.19. The van der Waals surface area contributed by atoms with E-state index in [1.165, 1.54) is 0 Å². The number of nitrogens with zero attached hydrogens (tertiary/aromatic N) is 3. The second-order valence-corrected chi connectivity index (χ2v) is 9.30. The van der Waals surface area contributed by atoms with E-state index in [1.807, 2.05) is 24.3 Å². The molecule has 2 aromatic carbocycles. The Morgan fingerprint density at radius 3 is 2.19 bits per heavy atom. The third kappa shape index (κ3) is 4.11. The molecule has 0 atom stereocenters. The van der Waals surface area contributed by atoms with Crippen molar-refractivity contribution in [3.63, 3.8) is 0 Å². The van der Waals surface area contributed by atoms with Crippen LogP contribution >= 0.6 is 11.3 Å². The lowest BCUT2D eigenvalue weighted by molar-refractivity contribution is 0.180. The van der Waals surface area contributed by atoms with Crippen molar-refractivity contribution in [2.45, 2.75) is 11.4 Å². The van der Waals surface area contributed by atoms with Crippen molar-refractivity contribution in [3.8, 4) is 10.6 Å². The zero-order valence-electron chi connectivity index (χ0n) is 14.9. The Morgan fingerprint density at radius 1 is 0.889 bits per heavy atom. The fourth-order valence-corrected chi connectivity index (χ4v) is 5.45. The van der Waals surface area contributed by atoms with Gasteiger partial charge in [0.25, 0.3) is 0 Å². The van der Waals surface area contributed by atoms with Crippen molar-refractivity contribution in [2.24, 2.45) is 0 Å². The van der Waals surface area contributed by atoms with Crippen LogP contribution in [0.3, 0.4) is 0 Å². The molecule has 7 heteroatoms. The summed E-state index contributed by atoms with van der Waals surface area (Å²) >= 11 is 1.65. The van der Waals surface area contributed by atoms with Crippen molar-refractivity contribution in [3.05, 3.63) is 71.7 Å². The van der Waals surface area contributed by atoms with E-state index in [9.17, 15) is 8.42 Å². The van der Waals surface area contributed by atoms with Gasteiger partial charge in [0, 0.05) is 43.7 Å². The van der Waals surface area contributed by atoms with E-state index in [4.69, 9.17) is 4.98 Å². The van der Waals surface area contributed by atoms with Gasteiger partial charge >= 0.3 is 0 Å². The Labute approximate surface area is 164 Å². The summed E-state index contributed by atoms with van der Waals surface area (Å²) in [5.41, 5.74) is 2.17. The minimum atomic E-state index is -3.40. The maximum atomic E-state index is 12.7. The monoisotopic (exact) mass is 399 g/mol. The van der Waals surface area contributed by atoms with E-state index >= 15 is 0 Å². The number of thiazole rings is 1. The maximum Gasteiger partial charge on any atom is 0.243 e. The number of hydrogen-bond acceptors (Lipinski definition) is 5. The highest BCUT2D eigenvalue weighted by Crippen LogP contribution is 2.24. The van der Waals surface area contributed by atoms with Crippen LogP contribution in [-0.2, 0) is 16.6 Å². The van der Waals surface area contributed by atoms with Crippen LogP contribution in [0.25, 0.3) is 10.6 Å². The lowest BCUT2D eigenvalue weighted by Crippen LogP contribution is -2.48. The van der Waals surface area contributed by atoms with Crippen LogP contribution in [0.2, 0.25) is 0 Å². The molecular formula is C20H21N3O2S2. The predicted molar refractivity (Wildman–Crippen MR) is 108 cm³/mol. The highest BCUT2D eigenvalue weighted by atomic mass is 32.2. The Kier molecular flexibility index (Phi) is 5.36. The van der Waals surface area contributed by atoms with Gasteiger partial charge in [0.1, 0.15) is 5.01 Å². The first kappa shape index (κ1) is 18.3. The van der Waals surface area contributed by atoms with E-state index in [1.54, 1.807) is 39.9 Å². The second kappa shape index (κ2) is 7.90. The van der Waals surface area contributed by atoms with E-state index in [0.717, 1.165) is 22.8 Å². The topological polar surface area (TPSA) is 53.5 Å². The van der Waals surface area contributed by atoms with Gasteiger partial charge in [-0.2, -0.15) is 4.31 Å². The molecule has 0 unspecified atom stereocenters. The van der Waals surface area contributed by atoms with Gasteiger partial charge in [-0.05, 0) is 12.1 Å². The summed E-state index contributed by atoms with van der Waals surface area (Å²) in [5, 5.41) is 3.12. The van der Waals surface area contributed by atoms with E-state index in [2.05, 4.69) is 22.4 Å². The number of benzene rings is 2. The summed E-state index contributed by atoms with van der Waals surface area (Å²) in [6, 6.07) is 18.8. The molecular weight excluding hydrogens is 378 g/mol. The molecule has 0 aliphatic carbocycles. The zero-order valence-corrected chi connectivity index (χ0v) is 16.5. The Morgan fingerprint density at radius 2 is 1.52 bits per heavy atom. The number of aromatic nitrogens is 1. The largest absolute Gasteiger partial charge is 0.295 e. The standard InChI is InChI=1S/C20H21N3O2S2/c24-27(25,19-9-5-2-6-10-19)23-13-11-22(12-14-23)15-18-16-26-20(21-18)17-7-3-1-4-8-17/h1-10,16H,11-15H2. The molecule has 5 nitrogen and oxygen atoms in total. The summed E-state index contributed by atoms with van der Waals surface area (Å²) < 4.78 is 27.0. The fourth-order valence-electron chi connectivity index (χ4n) is 3.19.